The molecule has 0 atom stereocenters. The van der Waals surface area contributed by atoms with Crippen molar-refractivity contribution in [2.45, 2.75) is 6.54 Å². The summed E-state index contributed by atoms with van der Waals surface area (Å²) in [5, 5.41) is 6.67. The van der Waals surface area contributed by atoms with E-state index in [9.17, 15) is 4.79 Å². The Morgan fingerprint density at radius 3 is 2.75 bits per heavy atom. The molecule has 2 aromatic heterocycles. The maximum atomic E-state index is 12.1. The Bertz CT molecular complexity index is 848. The van der Waals surface area contributed by atoms with E-state index < -0.39 is 0 Å². The number of nitrogens with one attached hydrogen (secondary N) is 2. The molecule has 1 aromatic carbocycles. The van der Waals surface area contributed by atoms with Crippen molar-refractivity contribution in [2.24, 2.45) is 0 Å². The predicted molar refractivity (Wildman–Crippen MR) is 96.2 cm³/mol. The Balaban J connectivity index is 1.78. The van der Waals surface area contributed by atoms with E-state index in [1.165, 1.54) is 0 Å². The fourth-order valence-corrected chi connectivity index (χ4v) is 2.39. The number of aromatic nitrogens is 2. The minimum Gasteiger partial charge on any atom is -0.363 e. The molecule has 0 saturated carbocycles. The molecule has 0 aliphatic carbocycles. The molecule has 24 heavy (non-hydrogen) atoms. The summed E-state index contributed by atoms with van der Waals surface area (Å²) in [6.07, 6.45) is 3.26. The molecular formula is C18H19N5O. The summed E-state index contributed by atoms with van der Waals surface area (Å²) in [4.78, 5) is 22.6. The maximum Gasteiger partial charge on any atom is 0.319 e. The van der Waals surface area contributed by atoms with Crippen LogP contribution >= 0.6 is 0 Å². The number of pyridine rings is 2. The second-order valence-corrected chi connectivity index (χ2v) is 5.60. The van der Waals surface area contributed by atoms with Gasteiger partial charge in [-0.3, -0.25) is 4.98 Å². The minimum absolute atomic E-state index is 0.268. The Morgan fingerprint density at radius 2 is 2.00 bits per heavy atom. The third-order valence-corrected chi connectivity index (χ3v) is 3.61. The zero-order valence-electron chi connectivity index (χ0n) is 13.7. The molecule has 0 radical (unpaired) electrons. The summed E-state index contributed by atoms with van der Waals surface area (Å²) >= 11 is 0. The van der Waals surface area contributed by atoms with Crippen LogP contribution in [0.5, 0.6) is 0 Å². The van der Waals surface area contributed by atoms with E-state index in [2.05, 4.69) is 20.6 Å². The summed E-state index contributed by atoms with van der Waals surface area (Å²) in [7, 11) is 3.90. The number of carbonyl (C=O) groups is 1. The lowest BCUT2D eigenvalue weighted by atomic mass is 10.1. The van der Waals surface area contributed by atoms with Gasteiger partial charge in [0, 0.05) is 32.2 Å². The van der Waals surface area contributed by atoms with Crippen molar-refractivity contribution in [1.29, 1.82) is 0 Å². The highest BCUT2D eigenvalue weighted by Gasteiger charge is 2.08. The molecule has 0 unspecified atom stereocenters. The van der Waals surface area contributed by atoms with Gasteiger partial charge in [0.2, 0.25) is 0 Å². The van der Waals surface area contributed by atoms with Crippen LogP contribution in [0.2, 0.25) is 0 Å². The number of urea groups is 1. The second-order valence-electron chi connectivity index (χ2n) is 5.60. The van der Waals surface area contributed by atoms with Gasteiger partial charge < -0.3 is 15.5 Å². The first-order valence-electron chi connectivity index (χ1n) is 7.64. The number of hydrogen-bond acceptors (Lipinski definition) is 4. The van der Waals surface area contributed by atoms with Crippen molar-refractivity contribution in [3.05, 3.63) is 60.4 Å². The number of benzene rings is 1. The van der Waals surface area contributed by atoms with Gasteiger partial charge in [-0.05, 0) is 29.8 Å². The molecule has 0 aliphatic rings. The Labute approximate surface area is 140 Å². The third-order valence-electron chi connectivity index (χ3n) is 3.61. The molecule has 6 heteroatoms. The molecule has 0 aliphatic heterocycles. The van der Waals surface area contributed by atoms with Gasteiger partial charge in [0.1, 0.15) is 5.82 Å². The van der Waals surface area contributed by atoms with Gasteiger partial charge in [-0.2, -0.15) is 0 Å². The fourth-order valence-electron chi connectivity index (χ4n) is 2.39. The lowest BCUT2D eigenvalue weighted by Crippen LogP contribution is -2.28. The van der Waals surface area contributed by atoms with E-state index in [1.807, 2.05) is 49.3 Å². The van der Waals surface area contributed by atoms with Crippen molar-refractivity contribution in [3.63, 3.8) is 0 Å². The zero-order chi connectivity index (χ0) is 16.9. The van der Waals surface area contributed by atoms with Crippen LogP contribution in [0.25, 0.3) is 10.9 Å². The minimum atomic E-state index is -0.268. The Kier molecular flexibility index (Phi) is 4.56. The number of rotatable bonds is 4. The predicted octanol–water partition coefficient (Wildman–Crippen LogP) is 3.02. The molecule has 6 nitrogen and oxygen atoms in total. The largest absolute Gasteiger partial charge is 0.363 e. The first-order chi connectivity index (χ1) is 11.6. The van der Waals surface area contributed by atoms with E-state index in [1.54, 1.807) is 24.5 Å². The van der Waals surface area contributed by atoms with Crippen molar-refractivity contribution < 1.29 is 4.79 Å². The van der Waals surface area contributed by atoms with Crippen LogP contribution in [0.3, 0.4) is 0 Å². The topological polar surface area (TPSA) is 70.2 Å². The summed E-state index contributed by atoms with van der Waals surface area (Å²) < 4.78 is 0. The standard InChI is InChI=1S/C18H19N5O/c1-23(2)17-10-13(15-7-3-4-8-16(15)22-17)11-20-18(24)21-14-6-5-9-19-12-14/h3-10,12H,11H2,1-2H3,(H2,20,21,24). The van der Waals surface area contributed by atoms with Gasteiger partial charge in [0.05, 0.1) is 17.4 Å². The molecule has 2 N–H and O–H groups in total. The number of anilines is 2. The van der Waals surface area contributed by atoms with Crippen LogP contribution in [0.4, 0.5) is 16.3 Å². The van der Waals surface area contributed by atoms with Crippen LogP contribution in [0.15, 0.2) is 54.9 Å². The lowest BCUT2D eigenvalue weighted by Gasteiger charge is -2.15. The molecule has 0 fully saturated rings. The maximum absolute atomic E-state index is 12.1. The van der Waals surface area contributed by atoms with Gasteiger partial charge >= 0.3 is 6.03 Å². The Morgan fingerprint density at radius 1 is 1.17 bits per heavy atom. The van der Waals surface area contributed by atoms with Crippen LogP contribution in [-0.2, 0) is 6.54 Å². The van der Waals surface area contributed by atoms with E-state index >= 15 is 0 Å². The summed E-state index contributed by atoms with van der Waals surface area (Å²) in [6, 6.07) is 13.2. The summed E-state index contributed by atoms with van der Waals surface area (Å²) in [5.41, 5.74) is 2.59. The van der Waals surface area contributed by atoms with E-state index in [0.717, 1.165) is 22.3 Å². The van der Waals surface area contributed by atoms with Crippen molar-refractivity contribution in [1.82, 2.24) is 15.3 Å². The highest BCUT2D eigenvalue weighted by Crippen LogP contribution is 2.22. The van der Waals surface area contributed by atoms with Crippen molar-refractivity contribution >= 4 is 28.4 Å². The molecule has 0 spiro atoms. The van der Waals surface area contributed by atoms with E-state index in [0.29, 0.717) is 12.2 Å². The average Bonchev–Trinajstić information content (AvgIpc) is 2.60. The third kappa shape index (κ3) is 3.60. The molecule has 3 rings (SSSR count). The van der Waals surface area contributed by atoms with E-state index in [4.69, 9.17) is 0 Å². The molecule has 2 heterocycles. The van der Waals surface area contributed by atoms with Crippen LogP contribution in [0.1, 0.15) is 5.56 Å². The number of nitrogens with zero attached hydrogens (tertiary/aromatic N) is 3. The highest BCUT2D eigenvalue weighted by molar-refractivity contribution is 5.90. The molecule has 0 saturated heterocycles. The number of para-hydroxylation sites is 1. The molecule has 3 aromatic rings. The number of amides is 2. The number of fused-ring (bicyclic) bond motifs is 1. The SMILES string of the molecule is CN(C)c1cc(CNC(=O)Nc2cccnc2)c2ccccc2n1. The van der Waals surface area contributed by atoms with Crippen molar-refractivity contribution in [3.8, 4) is 0 Å². The molecular weight excluding hydrogens is 302 g/mol. The summed E-state index contributed by atoms with van der Waals surface area (Å²) in [5.74, 6) is 0.859. The average molecular weight is 321 g/mol. The van der Waals surface area contributed by atoms with Crippen LogP contribution in [0, 0.1) is 0 Å². The van der Waals surface area contributed by atoms with E-state index in [-0.39, 0.29) is 6.03 Å². The highest BCUT2D eigenvalue weighted by atomic mass is 16.2. The smallest absolute Gasteiger partial charge is 0.319 e. The van der Waals surface area contributed by atoms with Crippen molar-refractivity contribution in [2.75, 3.05) is 24.3 Å². The fraction of sp³-hybridized carbons (Fsp3) is 0.167. The normalized spacial score (nSPS) is 10.4. The monoisotopic (exact) mass is 321 g/mol. The number of hydrogen-bond donors (Lipinski definition) is 2. The van der Waals surface area contributed by atoms with Gasteiger partial charge in [0.25, 0.3) is 0 Å². The molecule has 122 valence electrons. The first-order valence-corrected chi connectivity index (χ1v) is 7.64. The van der Waals surface area contributed by atoms with Gasteiger partial charge in [-0.1, -0.05) is 18.2 Å². The van der Waals surface area contributed by atoms with Crippen LogP contribution < -0.4 is 15.5 Å². The summed E-state index contributed by atoms with van der Waals surface area (Å²) in [6.45, 7) is 0.413. The Hall–Kier alpha value is -3.15. The quantitative estimate of drug-likeness (QED) is 0.775. The zero-order valence-corrected chi connectivity index (χ0v) is 13.7. The van der Waals surface area contributed by atoms with Gasteiger partial charge in [-0.25, -0.2) is 9.78 Å². The van der Waals surface area contributed by atoms with Gasteiger partial charge in [0.15, 0.2) is 0 Å². The van der Waals surface area contributed by atoms with Gasteiger partial charge in [-0.15, -0.1) is 0 Å². The number of carbonyl (C=O) groups excluding carboxylic acids is 1. The first kappa shape index (κ1) is 15.7. The molecule has 2 amide bonds. The van der Waals surface area contributed by atoms with Crippen LogP contribution in [-0.4, -0.2) is 30.1 Å². The molecule has 0 bridgehead atoms. The lowest BCUT2D eigenvalue weighted by molar-refractivity contribution is 0.252. The second kappa shape index (κ2) is 6.95.